The second kappa shape index (κ2) is 8.41. The van der Waals surface area contributed by atoms with E-state index in [1.54, 1.807) is 6.92 Å². The molecule has 3 rings (SSSR count). The molecule has 0 saturated carbocycles. The highest BCUT2D eigenvalue weighted by molar-refractivity contribution is 5.54. The fourth-order valence-electron chi connectivity index (χ4n) is 2.50. The number of benzene rings is 1. The minimum absolute atomic E-state index is 0.140. The zero-order valence-electron chi connectivity index (χ0n) is 15.3. The molecule has 1 aromatic carbocycles. The molecule has 154 valence electrons. The van der Waals surface area contributed by atoms with Crippen molar-refractivity contribution in [2.75, 3.05) is 10.6 Å². The molecular formula is C18H17F5N6. The summed E-state index contributed by atoms with van der Waals surface area (Å²) in [6.07, 6.45) is -0.924. The number of halogens is 5. The monoisotopic (exact) mass is 412 g/mol. The highest BCUT2D eigenvalue weighted by atomic mass is 19.4. The number of hydrogen-bond acceptors (Lipinski definition) is 5. The average Bonchev–Trinajstić information content (AvgIpc) is 3.06. The van der Waals surface area contributed by atoms with Crippen LogP contribution in [0.1, 0.15) is 17.5 Å². The molecule has 2 heterocycles. The van der Waals surface area contributed by atoms with Gasteiger partial charge in [0.25, 0.3) is 0 Å². The molecule has 0 spiro atoms. The molecule has 11 heteroatoms. The second-order valence-electron chi connectivity index (χ2n) is 6.34. The van der Waals surface area contributed by atoms with Gasteiger partial charge in [0.2, 0.25) is 5.95 Å². The van der Waals surface area contributed by atoms with E-state index in [0.717, 1.165) is 6.07 Å². The van der Waals surface area contributed by atoms with Crippen molar-refractivity contribution >= 4 is 17.5 Å². The number of hydrogen-bond donors (Lipinski definition) is 2. The lowest BCUT2D eigenvalue weighted by Gasteiger charge is -2.10. The van der Waals surface area contributed by atoms with Crippen LogP contribution in [0.4, 0.5) is 39.4 Å². The zero-order valence-corrected chi connectivity index (χ0v) is 15.3. The number of rotatable bonds is 7. The molecule has 6 nitrogen and oxygen atoms in total. The normalized spacial score (nSPS) is 11.5. The predicted molar refractivity (Wildman–Crippen MR) is 96.6 cm³/mol. The lowest BCUT2D eigenvalue weighted by Crippen LogP contribution is -2.12. The standard InChI is InChI=1S/C18H17F5N6/c1-11-7-25-17(27-15-9-26-29(10-15)3-2-18(21,22)23)28-16(11)24-8-12-4-13(19)6-14(20)5-12/h4-7,9-10H,2-3,8H2,1H3,(H2,24,25,27,28). The third kappa shape index (κ3) is 6.13. The van der Waals surface area contributed by atoms with Crippen molar-refractivity contribution in [2.45, 2.75) is 32.6 Å². The van der Waals surface area contributed by atoms with Crippen molar-refractivity contribution in [1.82, 2.24) is 19.7 Å². The summed E-state index contributed by atoms with van der Waals surface area (Å²) >= 11 is 0. The lowest BCUT2D eigenvalue weighted by molar-refractivity contribution is -0.137. The quantitative estimate of drug-likeness (QED) is 0.557. The Morgan fingerprint density at radius 2 is 1.79 bits per heavy atom. The van der Waals surface area contributed by atoms with Crippen molar-refractivity contribution in [3.05, 3.63) is 59.6 Å². The number of aromatic nitrogens is 4. The van der Waals surface area contributed by atoms with E-state index in [1.165, 1.54) is 35.4 Å². The van der Waals surface area contributed by atoms with Crippen LogP contribution in [0.25, 0.3) is 0 Å². The van der Waals surface area contributed by atoms with E-state index in [-0.39, 0.29) is 19.0 Å². The highest BCUT2D eigenvalue weighted by Gasteiger charge is 2.26. The maximum Gasteiger partial charge on any atom is 0.390 e. The summed E-state index contributed by atoms with van der Waals surface area (Å²) in [6.45, 7) is 1.60. The smallest absolute Gasteiger partial charge is 0.366 e. The van der Waals surface area contributed by atoms with Gasteiger partial charge in [0.1, 0.15) is 17.5 Å². The second-order valence-corrected chi connectivity index (χ2v) is 6.34. The first-order chi connectivity index (χ1) is 13.7. The van der Waals surface area contributed by atoms with E-state index >= 15 is 0 Å². The summed E-state index contributed by atoms with van der Waals surface area (Å²) in [6, 6.07) is 3.21. The van der Waals surface area contributed by atoms with Gasteiger partial charge in [0.15, 0.2) is 0 Å². The molecule has 3 aromatic rings. The van der Waals surface area contributed by atoms with Crippen molar-refractivity contribution in [2.24, 2.45) is 0 Å². The summed E-state index contributed by atoms with van der Waals surface area (Å²) in [5.41, 5.74) is 1.53. The SMILES string of the molecule is Cc1cnc(Nc2cnn(CCC(F)(F)F)c2)nc1NCc1cc(F)cc(F)c1. The van der Waals surface area contributed by atoms with Crippen molar-refractivity contribution in [3.8, 4) is 0 Å². The molecule has 0 atom stereocenters. The van der Waals surface area contributed by atoms with Crippen LogP contribution in [-0.4, -0.2) is 25.9 Å². The molecule has 0 fully saturated rings. The molecular weight excluding hydrogens is 395 g/mol. The van der Waals surface area contributed by atoms with Gasteiger partial charge in [-0.25, -0.2) is 13.8 Å². The summed E-state index contributed by atoms with van der Waals surface area (Å²) in [7, 11) is 0. The van der Waals surface area contributed by atoms with Gasteiger partial charge in [0.05, 0.1) is 18.3 Å². The molecule has 0 unspecified atom stereocenters. The average molecular weight is 412 g/mol. The van der Waals surface area contributed by atoms with E-state index in [0.29, 0.717) is 22.6 Å². The molecule has 0 radical (unpaired) electrons. The molecule has 0 saturated heterocycles. The summed E-state index contributed by atoms with van der Waals surface area (Å²) in [5, 5.41) is 9.70. The lowest BCUT2D eigenvalue weighted by atomic mass is 10.2. The first-order valence-corrected chi connectivity index (χ1v) is 8.57. The van der Waals surface area contributed by atoms with E-state index < -0.39 is 24.2 Å². The maximum absolute atomic E-state index is 13.3. The minimum Gasteiger partial charge on any atom is -0.366 e. The minimum atomic E-state index is -4.26. The van der Waals surface area contributed by atoms with Crippen LogP contribution < -0.4 is 10.6 Å². The Hall–Kier alpha value is -3.24. The Labute approximate surface area is 162 Å². The molecule has 2 aromatic heterocycles. The Morgan fingerprint density at radius 3 is 2.48 bits per heavy atom. The van der Waals surface area contributed by atoms with Gasteiger partial charge in [-0.3, -0.25) is 4.68 Å². The summed E-state index contributed by atoms with van der Waals surface area (Å²) in [4.78, 5) is 8.40. The van der Waals surface area contributed by atoms with E-state index in [2.05, 4.69) is 25.7 Å². The molecule has 0 amide bonds. The van der Waals surface area contributed by atoms with Gasteiger partial charge in [-0.2, -0.15) is 23.3 Å². The van der Waals surface area contributed by atoms with E-state index in [9.17, 15) is 22.0 Å². The fourth-order valence-corrected chi connectivity index (χ4v) is 2.50. The number of alkyl halides is 3. The van der Waals surface area contributed by atoms with E-state index in [4.69, 9.17) is 0 Å². The summed E-state index contributed by atoms with van der Waals surface area (Å²) < 4.78 is 64.6. The Kier molecular flexibility index (Phi) is 5.95. The number of nitrogens with zero attached hydrogens (tertiary/aromatic N) is 4. The Bertz CT molecular complexity index is 965. The van der Waals surface area contributed by atoms with Gasteiger partial charge >= 0.3 is 6.18 Å². The molecule has 2 N–H and O–H groups in total. The number of nitrogens with one attached hydrogen (secondary N) is 2. The van der Waals surface area contributed by atoms with Crippen LogP contribution in [0.5, 0.6) is 0 Å². The topological polar surface area (TPSA) is 67.7 Å². The number of aryl methyl sites for hydroxylation is 2. The van der Waals surface area contributed by atoms with Crippen LogP contribution in [0.3, 0.4) is 0 Å². The van der Waals surface area contributed by atoms with E-state index in [1.807, 2.05) is 0 Å². The Balaban J connectivity index is 1.65. The maximum atomic E-state index is 13.3. The van der Waals surface area contributed by atoms with Crippen LogP contribution in [0, 0.1) is 18.6 Å². The van der Waals surface area contributed by atoms with Crippen LogP contribution in [-0.2, 0) is 13.1 Å². The zero-order chi connectivity index (χ0) is 21.0. The molecule has 29 heavy (non-hydrogen) atoms. The van der Waals surface area contributed by atoms with Gasteiger partial charge in [0, 0.05) is 37.1 Å². The molecule has 0 aliphatic rings. The predicted octanol–water partition coefficient (Wildman–Crippen LogP) is 4.57. The van der Waals surface area contributed by atoms with Gasteiger partial charge in [-0.05, 0) is 24.6 Å². The Morgan fingerprint density at radius 1 is 1.07 bits per heavy atom. The van der Waals surface area contributed by atoms with Crippen LogP contribution >= 0.6 is 0 Å². The first kappa shape index (κ1) is 20.5. The van der Waals surface area contributed by atoms with Crippen LogP contribution in [0.2, 0.25) is 0 Å². The summed E-state index contributed by atoms with van der Waals surface area (Å²) in [5.74, 6) is -0.715. The van der Waals surface area contributed by atoms with Crippen molar-refractivity contribution < 1.29 is 22.0 Å². The van der Waals surface area contributed by atoms with Crippen LogP contribution in [0.15, 0.2) is 36.8 Å². The number of anilines is 3. The third-order valence-electron chi connectivity index (χ3n) is 3.87. The molecule has 0 bridgehead atoms. The van der Waals surface area contributed by atoms with Crippen molar-refractivity contribution in [1.29, 1.82) is 0 Å². The fraction of sp³-hybridized carbons (Fsp3) is 0.278. The first-order valence-electron chi connectivity index (χ1n) is 8.57. The molecule has 0 aliphatic heterocycles. The third-order valence-corrected chi connectivity index (χ3v) is 3.87. The van der Waals surface area contributed by atoms with Crippen molar-refractivity contribution in [3.63, 3.8) is 0 Å². The highest BCUT2D eigenvalue weighted by Crippen LogP contribution is 2.21. The van der Waals surface area contributed by atoms with Gasteiger partial charge in [-0.1, -0.05) is 0 Å². The van der Waals surface area contributed by atoms with Gasteiger partial charge in [-0.15, -0.1) is 0 Å². The largest absolute Gasteiger partial charge is 0.390 e. The molecule has 0 aliphatic carbocycles. The van der Waals surface area contributed by atoms with Gasteiger partial charge < -0.3 is 10.6 Å².